The molecule has 7 nitrogen and oxygen atoms in total. The molecule has 1 aromatic heterocycles. The number of hydrogen-bond acceptors (Lipinski definition) is 6. The van der Waals surface area contributed by atoms with Crippen LogP contribution in [0.25, 0.3) is 10.9 Å². The zero-order valence-corrected chi connectivity index (χ0v) is 15.0. The number of benzene rings is 2. The number of carbonyl (C=O) groups is 1. The minimum absolute atomic E-state index is 0.109. The van der Waals surface area contributed by atoms with Gasteiger partial charge in [0.15, 0.2) is 5.16 Å². The summed E-state index contributed by atoms with van der Waals surface area (Å²) >= 11 is 1.12. The number of ether oxygens (including phenoxy) is 1. The fourth-order valence-corrected chi connectivity index (χ4v) is 3.10. The Labute approximate surface area is 154 Å². The second kappa shape index (κ2) is 7.92. The van der Waals surface area contributed by atoms with Gasteiger partial charge in [0.25, 0.3) is 5.56 Å². The molecular weight excluding hydrogens is 352 g/mol. The number of para-hydroxylation sites is 1. The Morgan fingerprint density at radius 1 is 1.23 bits per heavy atom. The fourth-order valence-electron chi connectivity index (χ4n) is 2.35. The molecule has 0 saturated carbocycles. The molecule has 2 aromatic carbocycles. The summed E-state index contributed by atoms with van der Waals surface area (Å²) in [5.74, 6) is 6.50. The summed E-state index contributed by atoms with van der Waals surface area (Å²) < 4.78 is 6.07. The standard InChI is InChI=1S/C18H18N4O3S/c1-25-13-8-6-12(7-9-13)10-20-16(23)11-26-18-21-15-5-3-2-4-14(15)17(24)22(18)19/h2-9H,10-11,19H2,1H3,(H,20,23). The Balaban J connectivity index is 1.61. The predicted octanol–water partition coefficient (Wildman–Crippen LogP) is 1.53. The van der Waals surface area contributed by atoms with Crippen LogP contribution in [0.2, 0.25) is 0 Å². The maximum absolute atomic E-state index is 12.2. The first-order chi connectivity index (χ1) is 12.6. The maximum Gasteiger partial charge on any atom is 0.280 e. The van der Waals surface area contributed by atoms with Crippen LogP contribution >= 0.6 is 11.8 Å². The van der Waals surface area contributed by atoms with Crippen LogP contribution in [-0.2, 0) is 11.3 Å². The topological polar surface area (TPSA) is 99.2 Å². The van der Waals surface area contributed by atoms with E-state index in [1.54, 1.807) is 31.4 Å². The number of nitrogens with zero attached hydrogens (tertiary/aromatic N) is 2. The third-order valence-corrected chi connectivity index (χ3v) is 4.71. The van der Waals surface area contributed by atoms with Gasteiger partial charge in [0.1, 0.15) is 5.75 Å². The van der Waals surface area contributed by atoms with Gasteiger partial charge >= 0.3 is 0 Å². The van der Waals surface area contributed by atoms with Crippen molar-refractivity contribution in [2.75, 3.05) is 18.7 Å². The van der Waals surface area contributed by atoms with E-state index in [0.29, 0.717) is 22.6 Å². The predicted molar refractivity (Wildman–Crippen MR) is 102 cm³/mol. The van der Waals surface area contributed by atoms with Crippen molar-refractivity contribution in [3.63, 3.8) is 0 Å². The number of methoxy groups -OCH3 is 1. The molecule has 0 saturated heterocycles. The van der Waals surface area contributed by atoms with Gasteiger partial charge in [-0.3, -0.25) is 9.59 Å². The van der Waals surface area contributed by atoms with Gasteiger partial charge in [-0.05, 0) is 29.8 Å². The highest BCUT2D eigenvalue weighted by Crippen LogP contribution is 2.16. The van der Waals surface area contributed by atoms with Gasteiger partial charge in [0, 0.05) is 6.54 Å². The zero-order valence-electron chi connectivity index (χ0n) is 14.1. The molecule has 0 unspecified atom stereocenters. The van der Waals surface area contributed by atoms with Crippen molar-refractivity contribution in [2.45, 2.75) is 11.7 Å². The number of hydrogen-bond donors (Lipinski definition) is 2. The molecule has 0 radical (unpaired) electrons. The van der Waals surface area contributed by atoms with Crippen molar-refractivity contribution in [2.24, 2.45) is 0 Å². The largest absolute Gasteiger partial charge is 0.497 e. The molecular formula is C18H18N4O3S. The van der Waals surface area contributed by atoms with Crippen LogP contribution < -0.4 is 21.5 Å². The third kappa shape index (κ3) is 3.97. The molecule has 0 aliphatic heterocycles. The lowest BCUT2D eigenvalue weighted by atomic mass is 10.2. The van der Waals surface area contributed by atoms with E-state index < -0.39 is 0 Å². The molecule has 134 valence electrons. The first kappa shape index (κ1) is 17.8. The number of amides is 1. The smallest absolute Gasteiger partial charge is 0.280 e. The van der Waals surface area contributed by atoms with Gasteiger partial charge in [-0.2, -0.15) is 0 Å². The van der Waals surface area contributed by atoms with Crippen molar-refractivity contribution in [1.29, 1.82) is 0 Å². The number of rotatable bonds is 6. The summed E-state index contributed by atoms with van der Waals surface area (Å²) in [7, 11) is 1.60. The highest BCUT2D eigenvalue weighted by atomic mass is 32.2. The number of nitrogen functional groups attached to an aromatic ring is 1. The Morgan fingerprint density at radius 2 is 1.96 bits per heavy atom. The van der Waals surface area contributed by atoms with Gasteiger partial charge in [-0.15, -0.1) is 0 Å². The monoisotopic (exact) mass is 370 g/mol. The van der Waals surface area contributed by atoms with Gasteiger partial charge in [-0.25, -0.2) is 9.66 Å². The number of nitrogens with two attached hydrogens (primary N) is 1. The molecule has 1 amide bonds. The Morgan fingerprint density at radius 3 is 2.69 bits per heavy atom. The average Bonchev–Trinajstić information content (AvgIpc) is 2.68. The SMILES string of the molecule is COc1ccc(CNC(=O)CSc2nc3ccccc3c(=O)n2N)cc1. The van der Waals surface area contributed by atoms with Crippen LogP contribution in [-0.4, -0.2) is 28.4 Å². The van der Waals surface area contributed by atoms with Crippen molar-refractivity contribution in [1.82, 2.24) is 15.0 Å². The van der Waals surface area contributed by atoms with Gasteiger partial charge in [0.05, 0.1) is 23.8 Å². The van der Waals surface area contributed by atoms with Gasteiger partial charge < -0.3 is 15.9 Å². The molecule has 26 heavy (non-hydrogen) atoms. The first-order valence-electron chi connectivity index (χ1n) is 7.88. The summed E-state index contributed by atoms with van der Waals surface area (Å²) in [5.41, 5.74) is 1.18. The van der Waals surface area contributed by atoms with Crippen molar-refractivity contribution in [3.05, 3.63) is 64.4 Å². The minimum atomic E-state index is -0.336. The molecule has 0 fully saturated rings. The van der Waals surface area contributed by atoms with E-state index in [1.165, 1.54) is 0 Å². The van der Waals surface area contributed by atoms with Crippen LogP contribution in [0, 0.1) is 0 Å². The van der Waals surface area contributed by atoms with Crippen LogP contribution in [0.15, 0.2) is 58.5 Å². The lowest BCUT2D eigenvalue weighted by Crippen LogP contribution is -2.31. The molecule has 0 atom stereocenters. The van der Waals surface area contributed by atoms with Crippen LogP contribution in [0.4, 0.5) is 0 Å². The van der Waals surface area contributed by atoms with Crippen molar-refractivity contribution < 1.29 is 9.53 Å². The summed E-state index contributed by atoms with van der Waals surface area (Å²) in [6.07, 6.45) is 0. The number of aromatic nitrogens is 2. The lowest BCUT2D eigenvalue weighted by Gasteiger charge is -2.09. The van der Waals surface area contributed by atoms with E-state index in [2.05, 4.69) is 10.3 Å². The average molecular weight is 370 g/mol. The Hall–Kier alpha value is -3.00. The lowest BCUT2D eigenvalue weighted by molar-refractivity contribution is -0.118. The molecule has 3 rings (SSSR count). The molecule has 8 heteroatoms. The maximum atomic E-state index is 12.2. The van der Waals surface area contributed by atoms with E-state index in [-0.39, 0.29) is 17.2 Å². The van der Waals surface area contributed by atoms with Crippen LogP contribution in [0.5, 0.6) is 5.75 Å². The van der Waals surface area contributed by atoms with E-state index in [4.69, 9.17) is 10.6 Å². The fraction of sp³-hybridized carbons (Fsp3) is 0.167. The zero-order chi connectivity index (χ0) is 18.5. The molecule has 0 spiro atoms. The summed E-state index contributed by atoms with van der Waals surface area (Å²) in [4.78, 5) is 28.6. The highest BCUT2D eigenvalue weighted by Gasteiger charge is 2.11. The summed E-state index contributed by atoms with van der Waals surface area (Å²) in [6, 6.07) is 14.4. The molecule has 3 N–H and O–H groups in total. The van der Waals surface area contributed by atoms with Crippen molar-refractivity contribution >= 4 is 28.6 Å². The van der Waals surface area contributed by atoms with E-state index in [0.717, 1.165) is 27.8 Å². The second-order valence-electron chi connectivity index (χ2n) is 5.50. The molecule has 3 aromatic rings. The number of fused-ring (bicyclic) bond motifs is 1. The normalized spacial score (nSPS) is 10.7. The molecule has 1 heterocycles. The van der Waals surface area contributed by atoms with Crippen molar-refractivity contribution in [3.8, 4) is 5.75 Å². The minimum Gasteiger partial charge on any atom is -0.497 e. The quantitative estimate of drug-likeness (QED) is 0.388. The van der Waals surface area contributed by atoms with E-state index >= 15 is 0 Å². The second-order valence-corrected chi connectivity index (χ2v) is 6.44. The highest BCUT2D eigenvalue weighted by molar-refractivity contribution is 7.99. The van der Waals surface area contributed by atoms with Gasteiger partial charge in [0.2, 0.25) is 5.91 Å². The van der Waals surface area contributed by atoms with Crippen LogP contribution in [0.3, 0.4) is 0 Å². The first-order valence-corrected chi connectivity index (χ1v) is 8.86. The summed E-state index contributed by atoms with van der Waals surface area (Å²) in [5, 5.41) is 3.57. The Kier molecular flexibility index (Phi) is 5.43. The van der Waals surface area contributed by atoms with E-state index in [9.17, 15) is 9.59 Å². The van der Waals surface area contributed by atoms with E-state index in [1.807, 2.05) is 24.3 Å². The van der Waals surface area contributed by atoms with Crippen LogP contribution in [0.1, 0.15) is 5.56 Å². The number of thioether (sulfide) groups is 1. The Bertz CT molecular complexity index is 986. The number of carbonyl (C=O) groups excluding carboxylic acids is 1. The summed E-state index contributed by atoms with van der Waals surface area (Å²) in [6.45, 7) is 0.407. The molecule has 0 aliphatic carbocycles. The van der Waals surface area contributed by atoms with Gasteiger partial charge in [-0.1, -0.05) is 36.0 Å². The third-order valence-electron chi connectivity index (χ3n) is 3.76. The number of nitrogens with one attached hydrogen (secondary N) is 1. The molecule has 0 bridgehead atoms. The molecule has 0 aliphatic rings.